The van der Waals surface area contributed by atoms with Crippen LogP contribution in [0.1, 0.15) is 88.4 Å². The number of nitrogens with zero attached hydrogens (tertiary/aromatic N) is 9. The number of unbranched alkanes of at least 4 members (excludes halogenated alkanes) is 1. The molecule has 2 aromatic carbocycles. The summed E-state index contributed by atoms with van der Waals surface area (Å²) in [4.78, 5) is 61.5. The number of carbonyl (C=O) groups is 3. The summed E-state index contributed by atoms with van der Waals surface area (Å²) in [6.45, 7) is 17.9. The lowest BCUT2D eigenvalue weighted by Gasteiger charge is -2.35. The van der Waals surface area contributed by atoms with E-state index in [4.69, 9.17) is 9.47 Å². The molecule has 1 atom stereocenters. The second kappa shape index (κ2) is 21.4. The molecule has 18 heteroatoms. The lowest BCUT2D eigenvalue weighted by molar-refractivity contribution is 0.0239. The molecule has 1 unspecified atom stereocenters. The highest BCUT2D eigenvalue weighted by molar-refractivity contribution is 7.91. The van der Waals surface area contributed by atoms with Crippen LogP contribution in [0, 0.1) is 11.6 Å². The molecule has 4 heterocycles. The number of halogens is 2. The summed E-state index contributed by atoms with van der Waals surface area (Å²) in [5.41, 5.74) is 1.85. The molecular weight excluding hydrogens is 821 g/mol. The van der Waals surface area contributed by atoms with Gasteiger partial charge >= 0.3 is 12.2 Å². The molecular formula is C44H55F2N9O6S. The summed E-state index contributed by atoms with van der Waals surface area (Å²) in [5.74, 6) is 0.0210. The number of carbonyl (C=O) groups excluding carboxylic acids is 3. The normalized spacial score (nSPS) is 15.4. The van der Waals surface area contributed by atoms with Gasteiger partial charge < -0.3 is 33.6 Å². The van der Waals surface area contributed by atoms with Crippen LogP contribution < -0.4 is 9.80 Å². The number of amides is 2. The average Bonchev–Trinajstić information content (AvgIpc) is 3.25. The lowest BCUT2D eigenvalue weighted by atomic mass is 10.1. The van der Waals surface area contributed by atoms with Crippen LogP contribution in [0.4, 0.5) is 30.3 Å². The van der Waals surface area contributed by atoms with E-state index in [9.17, 15) is 27.7 Å². The molecule has 2 amide bonds. The Kier molecular flexibility index (Phi) is 16.3. The number of aromatic nitrogens is 4. The molecule has 0 radical (unpaired) electrons. The number of hydrogen-bond acceptors (Lipinski definition) is 13. The molecule has 6 rings (SSSR count). The largest absolute Gasteiger partial charge is 0.591 e. The van der Waals surface area contributed by atoms with Crippen molar-refractivity contribution in [3.05, 3.63) is 107 Å². The molecule has 0 bridgehead atoms. The smallest absolute Gasteiger partial charge is 0.410 e. The van der Waals surface area contributed by atoms with Crippen molar-refractivity contribution in [2.45, 2.75) is 71.7 Å². The number of benzene rings is 2. The third-order valence-corrected chi connectivity index (χ3v) is 10.9. The Balaban J connectivity index is 0.000000238. The summed E-state index contributed by atoms with van der Waals surface area (Å²) in [6.07, 6.45) is 7.44. The summed E-state index contributed by atoms with van der Waals surface area (Å²) in [7, 11) is 0. The van der Waals surface area contributed by atoms with Crippen LogP contribution in [-0.4, -0.2) is 127 Å². The maximum atomic E-state index is 13.5. The molecule has 0 N–H and O–H groups in total. The number of ketones is 1. The Hall–Kier alpha value is -5.75. The van der Waals surface area contributed by atoms with Gasteiger partial charge in [-0.3, -0.25) is 4.79 Å². The second-order valence-corrected chi connectivity index (χ2v) is 18.5. The monoisotopic (exact) mass is 875 g/mol. The molecule has 2 saturated heterocycles. The minimum atomic E-state index is -1.52. The first-order valence-electron chi connectivity index (χ1n) is 20.5. The predicted octanol–water partition coefficient (Wildman–Crippen LogP) is 6.88. The van der Waals surface area contributed by atoms with Gasteiger partial charge in [-0.15, -0.1) is 0 Å². The van der Waals surface area contributed by atoms with Crippen LogP contribution in [0.2, 0.25) is 0 Å². The third-order valence-electron chi connectivity index (χ3n) is 9.49. The maximum absolute atomic E-state index is 13.5. The minimum Gasteiger partial charge on any atom is -0.591 e. The van der Waals surface area contributed by atoms with Crippen LogP contribution in [0.25, 0.3) is 0 Å². The molecule has 0 saturated carbocycles. The van der Waals surface area contributed by atoms with E-state index < -0.39 is 27.5 Å². The van der Waals surface area contributed by atoms with Crippen molar-refractivity contribution in [2.75, 3.05) is 68.8 Å². The number of piperazine rings is 2. The van der Waals surface area contributed by atoms with Gasteiger partial charge in [0.15, 0.2) is 5.78 Å². The average molecular weight is 876 g/mol. The summed E-state index contributed by atoms with van der Waals surface area (Å²) < 4.78 is 53.7. The van der Waals surface area contributed by atoms with E-state index in [0.717, 1.165) is 12.8 Å². The van der Waals surface area contributed by atoms with Crippen LogP contribution in [0.15, 0.2) is 77.7 Å². The summed E-state index contributed by atoms with van der Waals surface area (Å²) in [6, 6.07) is 11.2. The van der Waals surface area contributed by atoms with Crippen LogP contribution >= 0.6 is 0 Å². The zero-order valence-corrected chi connectivity index (χ0v) is 37.2. The first kappa shape index (κ1) is 47.3. The molecule has 4 aromatic rings. The Morgan fingerprint density at radius 3 is 1.53 bits per heavy atom. The SMILES string of the molecule is CC(C)(C)OC(=O)N1CCN(c2ncc(C(=O)c3ccc(F)cc3)cn2)CC1.CCCCOC(=O)N1CCN(c2ncc(C(=N[S+]([O-])C(C)(C)C)c3ccc(F)cc3)cn2)CC1. The van der Waals surface area contributed by atoms with Crippen molar-refractivity contribution in [3.8, 4) is 0 Å². The van der Waals surface area contributed by atoms with Crippen molar-refractivity contribution in [1.29, 1.82) is 0 Å². The van der Waals surface area contributed by atoms with Gasteiger partial charge in [0.2, 0.25) is 11.9 Å². The second-order valence-electron chi connectivity index (χ2n) is 16.6. The van der Waals surface area contributed by atoms with Crippen molar-refractivity contribution < 1.29 is 37.2 Å². The number of anilines is 2. The van der Waals surface area contributed by atoms with Crippen LogP contribution in [0.5, 0.6) is 0 Å². The van der Waals surface area contributed by atoms with E-state index >= 15 is 0 Å². The molecule has 15 nitrogen and oxygen atoms in total. The van der Waals surface area contributed by atoms with E-state index in [-0.39, 0.29) is 23.8 Å². The fourth-order valence-corrected chi connectivity index (χ4v) is 6.63. The molecule has 2 aliphatic heterocycles. The van der Waals surface area contributed by atoms with Gasteiger partial charge in [0.05, 0.1) is 12.2 Å². The first-order chi connectivity index (χ1) is 29.4. The van der Waals surface area contributed by atoms with Crippen molar-refractivity contribution >= 4 is 46.9 Å². The van der Waals surface area contributed by atoms with Crippen molar-refractivity contribution in [1.82, 2.24) is 29.7 Å². The molecule has 2 aromatic heterocycles. The van der Waals surface area contributed by atoms with E-state index in [0.29, 0.717) is 98.8 Å². The van der Waals surface area contributed by atoms with Crippen LogP contribution in [0.3, 0.4) is 0 Å². The standard InChI is InChI=1S/C24H32FN5O3S.C20H23FN4O3/c1-5-6-15-33-23(31)30-13-11-29(12-14-30)22-26-16-19(17-27-22)21(28-34(32)24(2,3)4)18-7-9-20(25)10-8-18;1-20(2,3)28-19(27)25-10-8-24(9-11-25)18-22-12-15(13-23-18)17(26)14-4-6-16(21)7-5-14/h7-10,16-17H,5-6,11-15H2,1-4H3;4-7,12-13H,8-11H2,1-3H3. The molecule has 2 fully saturated rings. The maximum Gasteiger partial charge on any atom is 0.410 e. The Bertz CT molecular complexity index is 2120. The fourth-order valence-electron chi connectivity index (χ4n) is 5.98. The molecule has 0 spiro atoms. The van der Waals surface area contributed by atoms with E-state index in [1.54, 1.807) is 34.3 Å². The lowest BCUT2D eigenvalue weighted by Crippen LogP contribution is -2.50. The van der Waals surface area contributed by atoms with E-state index in [1.807, 2.05) is 51.3 Å². The van der Waals surface area contributed by atoms with Gasteiger partial charge in [0, 0.05) is 93.8 Å². The van der Waals surface area contributed by atoms with E-state index in [1.165, 1.54) is 48.8 Å². The zero-order valence-electron chi connectivity index (χ0n) is 36.3. The molecule has 0 aliphatic carbocycles. The van der Waals surface area contributed by atoms with Gasteiger partial charge in [0.25, 0.3) is 0 Å². The molecule has 2 aliphatic rings. The van der Waals surface area contributed by atoms with Crippen molar-refractivity contribution in [3.63, 3.8) is 0 Å². The van der Waals surface area contributed by atoms with Gasteiger partial charge in [-0.1, -0.05) is 17.7 Å². The Labute approximate surface area is 364 Å². The fraction of sp³-hybridized carbons (Fsp3) is 0.455. The van der Waals surface area contributed by atoms with Crippen molar-refractivity contribution in [2.24, 2.45) is 4.40 Å². The van der Waals surface area contributed by atoms with Gasteiger partial charge in [-0.05, 0) is 96.5 Å². The zero-order chi connectivity index (χ0) is 45.0. The van der Waals surface area contributed by atoms with Gasteiger partial charge in [0.1, 0.15) is 39.1 Å². The Morgan fingerprint density at radius 2 is 1.10 bits per heavy atom. The highest BCUT2D eigenvalue weighted by atomic mass is 32.2. The number of rotatable bonds is 10. The summed E-state index contributed by atoms with van der Waals surface area (Å²) >= 11 is -1.52. The van der Waals surface area contributed by atoms with Gasteiger partial charge in [-0.25, -0.2) is 38.3 Å². The minimum absolute atomic E-state index is 0.263. The summed E-state index contributed by atoms with van der Waals surface area (Å²) in [5, 5.41) is 0. The Morgan fingerprint density at radius 1 is 0.661 bits per heavy atom. The van der Waals surface area contributed by atoms with E-state index in [2.05, 4.69) is 31.3 Å². The highest BCUT2D eigenvalue weighted by Crippen LogP contribution is 2.22. The number of hydrogen-bond donors (Lipinski definition) is 0. The van der Waals surface area contributed by atoms with Crippen LogP contribution in [-0.2, 0) is 20.8 Å². The quantitative estimate of drug-likeness (QED) is 0.0702. The highest BCUT2D eigenvalue weighted by Gasteiger charge is 2.30. The topological polar surface area (TPSA) is 170 Å². The third kappa shape index (κ3) is 13.6. The number of ether oxygens (including phenoxy) is 2. The predicted molar refractivity (Wildman–Crippen MR) is 234 cm³/mol. The molecule has 332 valence electrons. The molecule has 62 heavy (non-hydrogen) atoms. The first-order valence-corrected chi connectivity index (χ1v) is 21.6. The van der Waals surface area contributed by atoms with Gasteiger partial charge in [-0.2, -0.15) is 0 Å².